The van der Waals surface area contributed by atoms with E-state index in [-0.39, 0.29) is 11.6 Å². The first-order valence-electron chi connectivity index (χ1n) is 5.13. The molecule has 0 amide bonds. The zero-order chi connectivity index (χ0) is 13.3. The minimum absolute atomic E-state index is 0.185. The summed E-state index contributed by atoms with van der Waals surface area (Å²) in [5, 5.41) is 0.547. The fourth-order valence-electron chi connectivity index (χ4n) is 1.58. The summed E-state index contributed by atoms with van der Waals surface area (Å²) < 4.78 is 9.93. The highest BCUT2D eigenvalue weighted by Gasteiger charge is 2.37. The summed E-state index contributed by atoms with van der Waals surface area (Å²) in [6, 6.07) is 6.56. The van der Waals surface area contributed by atoms with Gasteiger partial charge in [-0.15, -0.1) is 0 Å². The Kier molecular flexibility index (Phi) is 3.25. The van der Waals surface area contributed by atoms with Gasteiger partial charge >= 0.3 is 5.97 Å². The second-order valence-electron chi connectivity index (χ2n) is 3.70. The molecule has 0 radical (unpaired) electrons. The summed E-state index contributed by atoms with van der Waals surface area (Å²) in [7, 11) is 0. The SMILES string of the molecule is CC(=O)OC1=C(N)OC(c2ccc(Cl)cc2)C1=O. The summed E-state index contributed by atoms with van der Waals surface area (Å²) >= 11 is 5.75. The third kappa shape index (κ3) is 2.31. The molecule has 2 N–H and O–H groups in total. The second kappa shape index (κ2) is 4.70. The number of nitrogens with two attached hydrogens (primary N) is 1. The molecule has 6 heteroatoms. The van der Waals surface area contributed by atoms with Crippen molar-refractivity contribution < 1.29 is 19.1 Å². The molecule has 1 aromatic carbocycles. The number of hydrogen-bond donors (Lipinski definition) is 1. The third-order valence-corrected chi connectivity index (χ3v) is 2.60. The van der Waals surface area contributed by atoms with Crippen LogP contribution in [0.3, 0.4) is 0 Å². The number of benzene rings is 1. The molecule has 5 nitrogen and oxygen atoms in total. The normalized spacial score (nSPS) is 18.8. The second-order valence-corrected chi connectivity index (χ2v) is 4.14. The Morgan fingerprint density at radius 1 is 1.39 bits per heavy atom. The van der Waals surface area contributed by atoms with Gasteiger partial charge in [0, 0.05) is 17.5 Å². The van der Waals surface area contributed by atoms with E-state index in [0.717, 1.165) is 0 Å². The number of ether oxygens (including phenoxy) is 2. The van der Waals surface area contributed by atoms with Gasteiger partial charge in [0.05, 0.1) is 0 Å². The first-order valence-corrected chi connectivity index (χ1v) is 5.51. The van der Waals surface area contributed by atoms with E-state index in [4.69, 9.17) is 26.8 Å². The van der Waals surface area contributed by atoms with Gasteiger partial charge in [0.2, 0.25) is 17.4 Å². The van der Waals surface area contributed by atoms with E-state index >= 15 is 0 Å². The molecule has 94 valence electrons. The van der Waals surface area contributed by atoms with Gasteiger partial charge < -0.3 is 15.2 Å². The van der Waals surface area contributed by atoms with Crippen LogP contribution in [0.1, 0.15) is 18.6 Å². The number of rotatable bonds is 2. The van der Waals surface area contributed by atoms with Crippen LogP contribution in [0.2, 0.25) is 5.02 Å². The molecule has 0 aliphatic carbocycles. The highest BCUT2D eigenvalue weighted by atomic mass is 35.5. The van der Waals surface area contributed by atoms with Gasteiger partial charge in [-0.2, -0.15) is 0 Å². The molecular formula is C12H10ClNO4. The van der Waals surface area contributed by atoms with Crippen molar-refractivity contribution in [3.63, 3.8) is 0 Å². The molecule has 1 aromatic rings. The Morgan fingerprint density at radius 2 is 2.00 bits per heavy atom. The largest absolute Gasteiger partial charge is 0.460 e. The maximum absolute atomic E-state index is 12.0. The van der Waals surface area contributed by atoms with Crippen LogP contribution in [-0.2, 0) is 19.1 Å². The summed E-state index contributed by atoms with van der Waals surface area (Å²) in [6.07, 6.45) is -0.892. The lowest BCUT2D eigenvalue weighted by Crippen LogP contribution is -2.13. The molecule has 18 heavy (non-hydrogen) atoms. The molecule has 1 unspecified atom stereocenters. The van der Waals surface area contributed by atoms with Crippen molar-refractivity contribution >= 4 is 23.4 Å². The van der Waals surface area contributed by atoms with Crippen LogP contribution in [0.5, 0.6) is 0 Å². The molecule has 0 aromatic heterocycles. The van der Waals surface area contributed by atoms with Gasteiger partial charge in [-0.1, -0.05) is 23.7 Å². The molecule has 0 bridgehead atoms. The van der Waals surface area contributed by atoms with E-state index in [0.29, 0.717) is 10.6 Å². The molecule has 0 spiro atoms. The van der Waals surface area contributed by atoms with Crippen LogP contribution in [0.25, 0.3) is 0 Å². The Hall–Kier alpha value is -2.01. The molecule has 1 atom stereocenters. The number of carbonyl (C=O) groups excluding carboxylic acids is 2. The summed E-state index contributed by atoms with van der Waals surface area (Å²) in [4.78, 5) is 22.8. The molecule has 0 fully saturated rings. The van der Waals surface area contributed by atoms with E-state index in [1.54, 1.807) is 24.3 Å². The standard InChI is InChI=1S/C12H10ClNO4/c1-6(15)17-11-9(16)10(18-12(11)14)7-2-4-8(13)5-3-7/h2-5,10H,14H2,1H3. The zero-order valence-corrected chi connectivity index (χ0v) is 10.2. The number of ketones is 1. The molecule has 0 saturated heterocycles. The Labute approximate surface area is 108 Å². The van der Waals surface area contributed by atoms with Crippen LogP contribution in [0.15, 0.2) is 35.9 Å². The summed E-state index contributed by atoms with van der Waals surface area (Å²) in [5.74, 6) is -1.54. The monoisotopic (exact) mass is 267 g/mol. The van der Waals surface area contributed by atoms with Crippen molar-refractivity contribution in [3.8, 4) is 0 Å². The number of esters is 1. The lowest BCUT2D eigenvalue weighted by atomic mass is 10.1. The van der Waals surface area contributed by atoms with Gasteiger partial charge in [0.1, 0.15) is 0 Å². The van der Waals surface area contributed by atoms with Gasteiger partial charge in [0.15, 0.2) is 6.10 Å². The molecular weight excluding hydrogens is 258 g/mol. The minimum Gasteiger partial charge on any atom is -0.460 e. The maximum atomic E-state index is 12.0. The van der Waals surface area contributed by atoms with Crippen molar-refractivity contribution in [2.24, 2.45) is 5.73 Å². The average molecular weight is 268 g/mol. The lowest BCUT2D eigenvalue weighted by Gasteiger charge is -2.09. The van der Waals surface area contributed by atoms with E-state index in [1.807, 2.05) is 0 Å². The van der Waals surface area contributed by atoms with Gasteiger partial charge in [-0.25, -0.2) is 0 Å². The summed E-state index contributed by atoms with van der Waals surface area (Å²) in [5.41, 5.74) is 6.10. The smallest absolute Gasteiger partial charge is 0.308 e. The maximum Gasteiger partial charge on any atom is 0.308 e. The quantitative estimate of drug-likeness (QED) is 0.825. The lowest BCUT2D eigenvalue weighted by molar-refractivity contribution is -0.140. The third-order valence-electron chi connectivity index (χ3n) is 2.35. The van der Waals surface area contributed by atoms with Crippen molar-refractivity contribution in [2.45, 2.75) is 13.0 Å². The molecule has 0 saturated carbocycles. The summed E-state index contributed by atoms with van der Waals surface area (Å²) in [6.45, 7) is 1.18. The van der Waals surface area contributed by atoms with Crippen molar-refractivity contribution in [1.82, 2.24) is 0 Å². The topological polar surface area (TPSA) is 78.6 Å². The van der Waals surface area contributed by atoms with Gasteiger partial charge in [-0.3, -0.25) is 9.59 Å². The van der Waals surface area contributed by atoms with Crippen LogP contribution < -0.4 is 5.73 Å². The van der Waals surface area contributed by atoms with E-state index in [2.05, 4.69) is 0 Å². The molecule has 2 rings (SSSR count). The predicted molar refractivity (Wildman–Crippen MR) is 63.3 cm³/mol. The van der Waals surface area contributed by atoms with Gasteiger partial charge in [-0.05, 0) is 12.1 Å². The Bertz CT molecular complexity index is 536. The van der Waals surface area contributed by atoms with Crippen LogP contribution in [0.4, 0.5) is 0 Å². The van der Waals surface area contributed by atoms with Crippen molar-refractivity contribution in [3.05, 3.63) is 46.5 Å². The number of carbonyl (C=O) groups is 2. The van der Waals surface area contributed by atoms with Gasteiger partial charge in [0.25, 0.3) is 0 Å². The van der Waals surface area contributed by atoms with Crippen LogP contribution in [0, 0.1) is 0 Å². The number of hydrogen-bond acceptors (Lipinski definition) is 5. The molecule has 1 aliphatic heterocycles. The van der Waals surface area contributed by atoms with Crippen molar-refractivity contribution in [2.75, 3.05) is 0 Å². The zero-order valence-electron chi connectivity index (χ0n) is 9.48. The van der Waals surface area contributed by atoms with Crippen molar-refractivity contribution in [1.29, 1.82) is 0 Å². The first-order chi connectivity index (χ1) is 8.49. The fourth-order valence-corrected chi connectivity index (χ4v) is 1.70. The van der Waals surface area contributed by atoms with E-state index in [9.17, 15) is 9.59 Å². The van der Waals surface area contributed by atoms with Crippen LogP contribution >= 0.6 is 11.6 Å². The average Bonchev–Trinajstić information content (AvgIpc) is 2.58. The number of halogens is 1. The molecule has 1 aliphatic rings. The van der Waals surface area contributed by atoms with E-state index < -0.39 is 17.9 Å². The molecule has 1 heterocycles. The number of Topliss-reactive ketones (excluding diaryl/α,β-unsaturated/α-hetero) is 1. The Balaban J connectivity index is 2.23. The van der Waals surface area contributed by atoms with E-state index in [1.165, 1.54) is 6.92 Å². The highest BCUT2D eigenvalue weighted by molar-refractivity contribution is 6.30. The highest BCUT2D eigenvalue weighted by Crippen LogP contribution is 2.31. The Morgan fingerprint density at radius 3 is 2.56 bits per heavy atom. The predicted octanol–water partition coefficient (Wildman–Crippen LogP) is 1.67. The fraction of sp³-hybridized carbons (Fsp3) is 0.167. The first kappa shape index (κ1) is 12.4. The van der Waals surface area contributed by atoms with Crippen LogP contribution in [-0.4, -0.2) is 11.8 Å². The minimum atomic E-state index is -0.892.